The number of aliphatic carboxylic acids is 1. The van der Waals surface area contributed by atoms with Crippen molar-refractivity contribution in [2.75, 3.05) is 20.1 Å². The van der Waals surface area contributed by atoms with Crippen molar-refractivity contribution in [3.05, 3.63) is 70.3 Å². The van der Waals surface area contributed by atoms with E-state index < -0.39 is 10.9 Å². The highest BCUT2D eigenvalue weighted by Crippen LogP contribution is 2.26. The number of carbonyl (C=O) groups is 1. The van der Waals surface area contributed by atoms with E-state index in [0.29, 0.717) is 18.7 Å². The summed E-state index contributed by atoms with van der Waals surface area (Å²) >= 11 is 0. The third-order valence-corrected chi connectivity index (χ3v) is 3.68. The number of hydrogen-bond donors (Lipinski definition) is 1. The van der Waals surface area contributed by atoms with E-state index in [9.17, 15) is 14.9 Å². The standard InChI is InChI=1S/C18H20N2O5/c1-19(13-18(21)22)12-11-17(14-5-3-2-4-6-14)25-16-9-7-15(8-10-16)20(23)24/h2-10,17H,11-13H2,1H3,(H,21,22)/t17-/m1/s1. The number of carboxylic acid groups (broad SMARTS) is 1. The minimum absolute atomic E-state index is 0.00445. The van der Waals surface area contributed by atoms with Crippen LogP contribution in [0.5, 0.6) is 5.75 Å². The van der Waals surface area contributed by atoms with Crippen LogP contribution in [0.3, 0.4) is 0 Å². The largest absolute Gasteiger partial charge is 0.486 e. The predicted octanol–water partition coefficient (Wildman–Crippen LogP) is 3.12. The summed E-state index contributed by atoms with van der Waals surface area (Å²) in [4.78, 5) is 22.8. The third kappa shape index (κ3) is 5.89. The summed E-state index contributed by atoms with van der Waals surface area (Å²) in [5.41, 5.74) is 0.967. The van der Waals surface area contributed by atoms with Gasteiger partial charge in [-0.1, -0.05) is 30.3 Å². The van der Waals surface area contributed by atoms with E-state index in [-0.39, 0.29) is 18.3 Å². The average Bonchev–Trinajstić information content (AvgIpc) is 2.59. The fourth-order valence-corrected chi connectivity index (χ4v) is 2.42. The van der Waals surface area contributed by atoms with Gasteiger partial charge in [0, 0.05) is 25.1 Å². The van der Waals surface area contributed by atoms with E-state index >= 15 is 0 Å². The summed E-state index contributed by atoms with van der Waals surface area (Å²) in [5, 5.41) is 19.6. The molecule has 1 N–H and O–H groups in total. The third-order valence-electron chi connectivity index (χ3n) is 3.68. The lowest BCUT2D eigenvalue weighted by Gasteiger charge is -2.22. The molecule has 0 saturated carbocycles. The number of benzene rings is 2. The second kappa shape index (κ2) is 8.79. The Balaban J connectivity index is 2.09. The Morgan fingerprint density at radius 3 is 2.40 bits per heavy atom. The smallest absolute Gasteiger partial charge is 0.317 e. The molecule has 0 amide bonds. The maximum absolute atomic E-state index is 10.8. The van der Waals surface area contributed by atoms with E-state index in [1.807, 2.05) is 30.3 Å². The first-order chi connectivity index (χ1) is 12.0. The second-order valence-corrected chi connectivity index (χ2v) is 5.69. The summed E-state index contributed by atoms with van der Waals surface area (Å²) < 4.78 is 5.99. The summed E-state index contributed by atoms with van der Waals surface area (Å²) in [6.07, 6.45) is 0.309. The summed E-state index contributed by atoms with van der Waals surface area (Å²) in [5.74, 6) is -0.351. The second-order valence-electron chi connectivity index (χ2n) is 5.69. The van der Waals surface area contributed by atoms with E-state index in [0.717, 1.165) is 5.56 Å². The Kier molecular flexibility index (Phi) is 6.47. The van der Waals surface area contributed by atoms with Crippen molar-refractivity contribution in [2.45, 2.75) is 12.5 Å². The maximum Gasteiger partial charge on any atom is 0.317 e. The molecule has 0 unspecified atom stereocenters. The van der Waals surface area contributed by atoms with E-state index in [1.165, 1.54) is 12.1 Å². The highest BCUT2D eigenvalue weighted by molar-refractivity contribution is 5.68. The lowest BCUT2D eigenvalue weighted by Crippen LogP contribution is -2.28. The van der Waals surface area contributed by atoms with Gasteiger partial charge in [0.05, 0.1) is 11.5 Å². The fraction of sp³-hybridized carbons (Fsp3) is 0.278. The van der Waals surface area contributed by atoms with Gasteiger partial charge in [-0.2, -0.15) is 0 Å². The molecule has 0 aromatic heterocycles. The average molecular weight is 344 g/mol. The Labute approximate surface area is 145 Å². The van der Waals surface area contributed by atoms with Gasteiger partial charge in [-0.15, -0.1) is 0 Å². The monoisotopic (exact) mass is 344 g/mol. The van der Waals surface area contributed by atoms with Crippen molar-refractivity contribution in [2.24, 2.45) is 0 Å². The molecule has 0 aliphatic carbocycles. The zero-order valence-corrected chi connectivity index (χ0v) is 13.9. The number of non-ortho nitro benzene ring substituents is 1. The molecule has 0 radical (unpaired) electrons. The molecule has 2 rings (SSSR count). The molecular formula is C18H20N2O5. The first kappa shape index (κ1) is 18.4. The number of rotatable bonds is 9. The molecule has 7 heteroatoms. The molecule has 0 aliphatic heterocycles. The predicted molar refractivity (Wildman–Crippen MR) is 92.7 cm³/mol. The van der Waals surface area contributed by atoms with Gasteiger partial charge < -0.3 is 9.84 Å². The number of nitro groups is 1. The molecule has 0 bridgehead atoms. The number of carboxylic acids is 1. The van der Waals surface area contributed by atoms with Crippen LogP contribution < -0.4 is 4.74 Å². The van der Waals surface area contributed by atoms with Gasteiger partial charge in [0.2, 0.25) is 0 Å². The Bertz CT molecular complexity index is 703. The molecule has 0 aliphatic rings. The van der Waals surface area contributed by atoms with E-state index in [4.69, 9.17) is 9.84 Å². The maximum atomic E-state index is 10.8. The van der Waals surface area contributed by atoms with Gasteiger partial charge in [0.25, 0.3) is 5.69 Å². The lowest BCUT2D eigenvalue weighted by molar-refractivity contribution is -0.384. The van der Waals surface area contributed by atoms with Crippen molar-refractivity contribution in [3.63, 3.8) is 0 Å². The number of nitrogens with zero attached hydrogens (tertiary/aromatic N) is 2. The molecule has 2 aromatic carbocycles. The van der Waals surface area contributed by atoms with Crippen molar-refractivity contribution in [3.8, 4) is 5.75 Å². The molecule has 132 valence electrons. The Morgan fingerprint density at radius 1 is 1.20 bits per heavy atom. The normalized spacial score (nSPS) is 11.9. The SMILES string of the molecule is CN(CC[C@@H](Oc1ccc([N+](=O)[O-])cc1)c1ccccc1)CC(=O)O. The topological polar surface area (TPSA) is 92.9 Å². The van der Waals surface area contributed by atoms with Gasteiger partial charge in [-0.3, -0.25) is 19.8 Å². The van der Waals surface area contributed by atoms with Crippen LogP contribution in [0.25, 0.3) is 0 Å². The molecule has 0 saturated heterocycles. The first-order valence-corrected chi connectivity index (χ1v) is 7.82. The lowest BCUT2D eigenvalue weighted by atomic mass is 10.1. The highest BCUT2D eigenvalue weighted by Gasteiger charge is 2.16. The summed E-state index contributed by atoms with van der Waals surface area (Å²) in [7, 11) is 1.74. The number of nitro benzene ring substituents is 1. The number of likely N-dealkylation sites (N-methyl/N-ethyl adjacent to an activating group) is 1. The van der Waals surface area contributed by atoms with Gasteiger partial charge in [0.15, 0.2) is 0 Å². The van der Waals surface area contributed by atoms with Crippen molar-refractivity contribution < 1.29 is 19.6 Å². The van der Waals surface area contributed by atoms with Crippen LogP contribution in [0.15, 0.2) is 54.6 Å². The van der Waals surface area contributed by atoms with Gasteiger partial charge in [-0.05, 0) is 24.7 Å². The number of ether oxygens (including phenoxy) is 1. The first-order valence-electron chi connectivity index (χ1n) is 7.82. The Morgan fingerprint density at radius 2 is 1.84 bits per heavy atom. The molecule has 1 atom stereocenters. The summed E-state index contributed by atoms with van der Waals surface area (Å²) in [6.45, 7) is 0.498. The minimum Gasteiger partial charge on any atom is -0.486 e. The Hall–Kier alpha value is -2.93. The van der Waals surface area contributed by atoms with Crippen LogP contribution in [0.1, 0.15) is 18.1 Å². The number of hydrogen-bond acceptors (Lipinski definition) is 5. The van der Waals surface area contributed by atoms with Crippen LogP contribution >= 0.6 is 0 Å². The van der Waals surface area contributed by atoms with Crippen LogP contribution in [-0.4, -0.2) is 41.0 Å². The quantitative estimate of drug-likeness (QED) is 0.555. The van der Waals surface area contributed by atoms with Gasteiger partial charge in [0.1, 0.15) is 11.9 Å². The zero-order valence-electron chi connectivity index (χ0n) is 13.9. The zero-order chi connectivity index (χ0) is 18.2. The van der Waals surface area contributed by atoms with E-state index in [2.05, 4.69) is 0 Å². The van der Waals surface area contributed by atoms with E-state index in [1.54, 1.807) is 24.1 Å². The van der Waals surface area contributed by atoms with Crippen molar-refractivity contribution >= 4 is 11.7 Å². The van der Waals surface area contributed by atoms with Crippen LogP contribution in [0.4, 0.5) is 5.69 Å². The molecule has 7 nitrogen and oxygen atoms in total. The molecule has 0 heterocycles. The molecular weight excluding hydrogens is 324 g/mol. The fourth-order valence-electron chi connectivity index (χ4n) is 2.42. The van der Waals surface area contributed by atoms with Crippen LogP contribution in [-0.2, 0) is 4.79 Å². The summed E-state index contributed by atoms with van der Waals surface area (Å²) in [6, 6.07) is 15.5. The highest BCUT2D eigenvalue weighted by atomic mass is 16.6. The van der Waals surface area contributed by atoms with Crippen molar-refractivity contribution in [1.29, 1.82) is 0 Å². The molecule has 2 aromatic rings. The van der Waals surface area contributed by atoms with Gasteiger partial charge in [-0.25, -0.2) is 0 Å². The van der Waals surface area contributed by atoms with Crippen molar-refractivity contribution in [1.82, 2.24) is 4.90 Å². The minimum atomic E-state index is -0.880. The molecule has 0 fully saturated rings. The van der Waals surface area contributed by atoms with Crippen LogP contribution in [0.2, 0.25) is 0 Å². The molecule has 0 spiro atoms. The van der Waals surface area contributed by atoms with Crippen LogP contribution in [0, 0.1) is 10.1 Å². The van der Waals surface area contributed by atoms with Gasteiger partial charge >= 0.3 is 5.97 Å². The molecule has 25 heavy (non-hydrogen) atoms.